The van der Waals surface area contributed by atoms with Gasteiger partial charge in [-0.05, 0) is 25.8 Å². The fourth-order valence-electron chi connectivity index (χ4n) is 1.02. The summed E-state index contributed by atoms with van der Waals surface area (Å²) in [5.41, 5.74) is 0.760. The first-order chi connectivity index (χ1) is 5.97. The molecule has 0 radical (unpaired) electrons. The lowest BCUT2D eigenvalue weighted by Crippen LogP contribution is -2.24. The maximum Gasteiger partial charge on any atom is 0.117 e. The largest absolute Gasteiger partial charge is 0.255 e. The smallest absolute Gasteiger partial charge is 0.117 e. The summed E-state index contributed by atoms with van der Waals surface area (Å²) in [7, 11) is 0. The van der Waals surface area contributed by atoms with Crippen LogP contribution >= 0.6 is 0 Å². The molecule has 13 heavy (non-hydrogen) atoms. The fraction of sp³-hybridized carbons (Fsp3) is 0.545. The Morgan fingerprint density at radius 3 is 2.54 bits per heavy atom. The highest BCUT2D eigenvalue weighted by atomic mass is 15.3. The van der Waals surface area contributed by atoms with Crippen LogP contribution in [0, 0.1) is 12.3 Å². The van der Waals surface area contributed by atoms with Gasteiger partial charge in [0, 0.05) is 6.20 Å². The molecule has 0 saturated heterocycles. The van der Waals surface area contributed by atoms with Gasteiger partial charge in [-0.2, -0.15) is 5.10 Å². The summed E-state index contributed by atoms with van der Waals surface area (Å²) >= 11 is 0. The van der Waals surface area contributed by atoms with E-state index < -0.39 is 0 Å². The zero-order chi connectivity index (χ0) is 10.1. The summed E-state index contributed by atoms with van der Waals surface area (Å²) in [5, 5.41) is 4.43. The van der Waals surface area contributed by atoms with Crippen molar-refractivity contribution in [3.8, 4) is 12.3 Å². The average molecular weight is 176 g/mol. The van der Waals surface area contributed by atoms with E-state index >= 15 is 0 Å². The summed E-state index contributed by atoms with van der Waals surface area (Å²) in [4.78, 5) is 0. The van der Waals surface area contributed by atoms with Gasteiger partial charge in [0.15, 0.2) is 0 Å². The molecule has 0 atom stereocenters. The van der Waals surface area contributed by atoms with E-state index in [9.17, 15) is 0 Å². The lowest BCUT2D eigenvalue weighted by Gasteiger charge is -2.18. The van der Waals surface area contributed by atoms with Crippen molar-refractivity contribution >= 4 is 0 Å². The van der Waals surface area contributed by atoms with Crippen molar-refractivity contribution in [2.45, 2.75) is 39.2 Å². The molecule has 0 aliphatic carbocycles. The quantitative estimate of drug-likeness (QED) is 0.632. The molecule has 1 heterocycles. The number of nitrogens with zero attached hydrogens (tertiary/aromatic N) is 2. The molecule has 0 fully saturated rings. The number of hydrogen-bond donors (Lipinski definition) is 0. The van der Waals surface area contributed by atoms with Crippen molar-refractivity contribution in [2.24, 2.45) is 0 Å². The molecular weight excluding hydrogens is 160 g/mol. The second kappa shape index (κ2) is 3.26. The average Bonchev–Trinajstić information content (AvgIpc) is 2.52. The molecule has 0 amide bonds. The Hall–Kier alpha value is -1.23. The monoisotopic (exact) mass is 176 g/mol. The van der Waals surface area contributed by atoms with E-state index in [1.807, 2.05) is 30.8 Å². The minimum Gasteiger partial charge on any atom is -0.255 e. The summed E-state index contributed by atoms with van der Waals surface area (Å²) in [6, 6.07) is 2.02. The first-order valence-corrected chi connectivity index (χ1v) is 4.51. The highest BCUT2D eigenvalue weighted by Gasteiger charge is 2.17. The predicted molar refractivity (Wildman–Crippen MR) is 54.5 cm³/mol. The van der Waals surface area contributed by atoms with E-state index in [2.05, 4.69) is 24.9 Å². The Balaban J connectivity index is 3.00. The third-order valence-electron chi connectivity index (χ3n) is 2.13. The number of aromatic nitrogens is 2. The zero-order valence-corrected chi connectivity index (χ0v) is 8.70. The van der Waals surface area contributed by atoms with Crippen molar-refractivity contribution in [3.05, 3.63) is 18.0 Å². The Labute approximate surface area is 80.0 Å². The van der Waals surface area contributed by atoms with Crippen LogP contribution in [0.4, 0.5) is 0 Å². The van der Waals surface area contributed by atoms with Crippen LogP contribution in [0.1, 0.15) is 39.3 Å². The Kier molecular flexibility index (Phi) is 2.47. The van der Waals surface area contributed by atoms with Crippen LogP contribution in [0.15, 0.2) is 12.3 Å². The van der Waals surface area contributed by atoms with Gasteiger partial charge < -0.3 is 0 Å². The maximum absolute atomic E-state index is 5.41. The molecule has 0 bridgehead atoms. The highest BCUT2D eigenvalue weighted by Crippen LogP contribution is 2.16. The molecule has 0 aliphatic heterocycles. The maximum atomic E-state index is 5.41. The predicted octanol–water partition coefficient (Wildman–Crippen LogP) is 2.37. The summed E-state index contributed by atoms with van der Waals surface area (Å²) in [6.07, 6.45) is 7.35. The Morgan fingerprint density at radius 2 is 2.15 bits per heavy atom. The molecule has 0 N–H and O–H groups in total. The number of terminal acetylenes is 1. The van der Waals surface area contributed by atoms with Crippen LogP contribution in [0.2, 0.25) is 0 Å². The van der Waals surface area contributed by atoms with E-state index in [4.69, 9.17) is 6.42 Å². The number of hydrogen-bond acceptors (Lipinski definition) is 1. The summed E-state index contributed by atoms with van der Waals surface area (Å²) in [5.74, 6) is 3.16. The third kappa shape index (κ3) is 1.92. The van der Waals surface area contributed by atoms with Gasteiger partial charge in [-0.1, -0.05) is 19.8 Å². The Morgan fingerprint density at radius 1 is 1.54 bits per heavy atom. The third-order valence-corrected chi connectivity index (χ3v) is 2.13. The molecular formula is C11H16N2. The zero-order valence-electron chi connectivity index (χ0n) is 8.70. The molecule has 0 unspecified atom stereocenters. The fourth-order valence-corrected chi connectivity index (χ4v) is 1.02. The molecule has 2 heteroatoms. The standard InChI is InChI=1S/C11H16N2/c1-6-11(4,5)13-8-7-10(12-13)9(2)3/h1,7-9H,2-5H3. The first kappa shape index (κ1) is 9.85. The number of rotatable bonds is 2. The topological polar surface area (TPSA) is 17.8 Å². The molecule has 1 rings (SSSR count). The molecule has 2 nitrogen and oxygen atoms in total. The van der Waals surface area contributed by atoms with Crippen molar-refractivity contribution in [3.63, 3.8) is 0 Å². The Bertz CT molecular complexity index is 326. The second-order valence-corrected chi connectivity index (χ2v) is 4.04. The van der Waals surface area contributed by atoms with Gasteiger partial charge in [-0.25, -0.2) is 0 Å². The van der Waals surface area contributed by atoms with Crippen molar-refractivity contribution in [1.29, 1.82) is 0 Å². The van der Waals surface area contributed by atoms with E-state index in [-0.39, 0.29) is 5.54 Å². The van der Waals surface area contributed by atoms with Crippen LogP contribution in [0.25, 0.3) is 0 Å². The van der Waals surface area contributed by atoms with Crippen LogP contribution in [0.3, 0.4) is 0 Å². The van der Waals surface area contributed by atoms with E-state index in [1.54, 1.807) is 0 Å². The van der Waals surface area contributed by atoms with Gasteiger partial charge in [-0.15, -0.1) is 6.42 Å². The van der Waals surface area contributed by atoms with Crippen molar-refractivity contribution in [2.75, 3.05) is 0 Å². The molecule has 1 aromatic rings. The van der Waals surface area contributed by atoms with Gasteiger partial charge in [0.25, 0.3) is 0 Å². The van der Waals surface area contributed by atoms with E-state index in [1.165, 1.54) is 0 Å². The van der Waals surface area contributed by atoms with Crippen LogP contribution in [-0.4, -0.2) is 9.78 Å². The SMILES string of the molecule is C#CC(C)(C)n1ccc(C(C)C)n1. The lowest BCUT2D eigenvalue weighted by molar-refractivity contribution is 0.419. The van der Waals surface area contributed by atoms with Crippen molar-refractivity contribution < 1.29 is 0 Å². The van der Waals surface area contributed by atoms with Crippen molar-refractivity contribution in [1.82, 2.24) is 9.78 Å². The van der Waals surface area contributed by atoms with Gasteiger partial charge >= 0.3 is 0 Å². The van der Waals surface area contributed by atoms with Gasteiger partial charge in [0.05, 0.1) is 5.69 Å². The van der Waals surface area contributed by atoms with Gasteiger partial charge in [-0.3, -0.25) is 4.68 Å². The minimum absolute atomic E-state index is 0.326. The molecule has 0 aliphatic rings. The van der Waals surface area contributed by atoms with Crippen LogP contribution in [-0.2, 0) is 5.54 Å². The summed E-state index contributed by atoms with van der Waals surface area (Å²) in [6.45, 7) is 8.19. The molecule has 70 valence electrons. The molecule has 0 aromatic carbocycles. The normalized spacial score (nSPS) is 11.7. The van der Waals surface area contributed by atoms with Gasteiger partial charge in [0.1, 0.15) is 5.54 Å². The highest BCUT2D eigenvalue weighted by molar-refractivity contribution is 5.11. The van der Waals surface area contributed by atoms with E-state index in [0.29, 0.717) is 5.92 Å². The van der Waals surface area contributed by atoms with Crippen LogP contribution in [0.5, 0.6) is 0 Å². The minimum atomic E-state index is -0.326. The van der Waals surface area contributed by atoms with Gasteiger partial charge in [0.2, 0.25) is 0 Å². The first-order valence-electron chi connectivity index (χ1n) is 4.51. The summed E-state index contributed by atoms with van der Waals surface area (Å²) < 4.78 is 1.84. The van der Waals surface area contributed by atoms with Crippen LogP contribution < -0.4 is 0 Å². The molecule has 0 spiro atoms. The molecule has 0 saturated carbocycles. The van der Waals surface area contributed by atoms with E-state index in [0.717, 1.165) is 5.69 Å². The molecule has 1 aromatic heterocycles. The lowest BCUT2D eigenvalue weighted by atomic mass is 10.1. The second-order valence-electron chi connectivity index (χ2n) is 4.04.